The van der Waals surface area contributed by atoms with E-state index in [0.29, 0.717) is 6.42 Å². The molecule has 0 saturated heterocycles. The van der Waals surface area contributed by atoms with E-state index in [4.69, 9.17) is 5.11 Å². The first-order valence-corrected chi connectivity index (χ1v) is 8.40. The van der Waals surface area contributed by atoms with Gasteiger partial charge in [-0.15, -0.1) is 0 Å². The number of carboxylic acid groups (broad SMARTS) is 1. The Balaban J connectivity index is 2.90. The third-order valence-electron chi connectivity index (χ3n) is 2.84. The fourth-order valence-electron chi connectivity index (χ4n) is 1.83. The second-order valence-corrected chi connectivity index (χ2v) is 5.68. The molecule has 1 unspecified atom stereocenters. The van der Waals surface area contributed by atoms with Crippen LogP contribution in [0.15, 0.2) is 0 Å². The molecule has 0 bridgehead atoms. The van der Waals surface area contributed by atoms with Gasteiger partial charge < -0.3 is 5.11 Å². The molecular weight excluding hydrogens is 263 g/mol. The van der Waals surface area contributed by atoms with Crippen LogP contribution in [0.1, 0.15) is 70.6 Å². The van der Waals surface area contributed by atoms with Crippen LogP contribution in [0.5, 0.6) is 0 Å². The normalized spacial score (nSPS) is 10.6. The average Bonchev–Trinajstić information content (AvgIpc) is 2.25. The monoisotopic (exact) mass is 290 g/mol. The van der Waals surface area contributed by atoms with Crippen molar-refractivity contribution in [2.24, 2.45) is 0 Å². The van der Waals surface area contributed by atoms with Crippen LogP contribution in [0.3, 0.4) is 0 Å². The summed E-state index contributed by atoms with van der Waals surface area (Å²) in [5.41, 5.74) is 0. The minimum absolute atomic E-state index is 0.346. The summed E-state index contributed by atoms with van der Waals surface area (Å²) >= 11 is 1.85. The van der Waals surface area contributed by atoms with Crippen molar-refractivity contribution in [1.29, 1.82) is 0 Å². The van der Waals surface area contributed by atoms with E-state index in [-0.39, 0.29) is 0 Å². The Hall–Kier alpha value is 0.0284. The van der Waals surface area contributed by atoms with E-state index in [1.807, 2.05) is 16.9 Å². The Morgan fingerprint density at radius 3 is 1.50 bits per heavy atom. The summed E-state index contributed by atoms with van der Waals surface area (Å²) in [6, 6.07) is 0. The van der Waals surface area contributed by atoms with E-state index in [2.05, 4.69) is 0 Å². The molecule has 1 atom stereocenters. The summed E-state index contributed by atoms with van der Waals surface area (Å²) in [4.78, 5) is 10.3. The second-order valence-electron chi connectivity index (χ2n) is 4.47. The van der Waals surface area contributed by atoms with Gasteiger partial charge in [-0.05, 0) is 0 Å². The Labute approximate surface area is 109 Å². The first-order chi connectivity index (χ1) is 7.77. The Bertz CT molecular complexity index is 160. The standard InChI is InChI=1S/C13H27AsO2/c14-12-10-8-6-4-2-1-3-5-7-9-11-13(15)16/h1-12,14H2,(H,15,16). The van der Waals surface area contributed by atoms with Gasteiger partial charge >= 0.3 is 98.7 Å². The van der Waals surface area contributed by atoms with Crippen molar-refractivity contribution in [3.63, 3.8) is 0 Å². The Kier molecular flexibility index (Phi) is 13.1. The van der Waals surface area contributed by atoms with Crippen LogP contribution < -0.4 is 0 Å². The van der Waals surface area contributed by atoms with Crippen LogP contribution in [0.2, 0.25) is 5.21 Å². The molecule has 0 aliphatic carbocycles. The molecule has 0 aliphatic rings. The number of rotatable bonds is 12. The predicted octanol–water partition coefficient (Wildman–Crippen LogP) is 3.41. The number of unbranched alkanes of at least 4 members (excludes halogenated alkanes) is 9. The molecule has 0 aromatic rings. The van der Waals surface area contributed by atoms with Gasteiger partial charge in [0.2, 0.25) is 0 Å². The molecule has 0 aliphatic heterocycles. The molecule has 0 saturated carbocycles. The topological polar surface area (TPSA) is 37.3 Å². The Morgan fingerprint density at radius 1 is 0.750 bits per heavy atom. The van der Waals surface area contributed by atoms with Gasteiger partial charge in [0, 0.05) is 0 Å². The quantitative estimate of drug-likeness (QED) is 0.442. The molecular formula is C13H27AsO2. The number of carbonyl (C=O) groups is 1. The predicted molar refractivity (Wildman–Crippen MR) is 71.8 cm³/mol. The molecule has 0 amide bonds. The molecule has 0 rings (SSSR count). The summed E-state index contributed by atoms with van der Waals surface area (Å²) in [6.45, 7) is 0. The van der Waals surface area contributed by atoms with E-state index >= 15 is 0 Å². The van der Waals surface area contributed by atoms with Crippen molar-refractivity contribution < 1.29 is 9.90 Å². The van der Waals surface area contributed by atoms with E-state index in [9.17, 15) is 4.79 Å². The zero-order chi connectivity index (χ0) is 12.1. The maximum atomic E-state index is 10.3. The van der Waals surface area contributed by atoms with Gasteiger partial charge in [0.1, 0.15) is 0 Å². The van der Waals surface area contributed by atoms with Crippen LogP contribution in [0, 0.1) is 0 Å². The van der Waals surface area contributed by atoms with E-state index in [0.717, 1.165) is 12.8 Å². The maximum absolute atomic E-state index is 10.3. The van der Waals surface area contributed by atoms with E-state index in [1.165, 1.54) is 56.6 Å². The molecule has 0 spiro atoms. The van der Waals surface area contributed by atoms with Gasteiger partial charge in [-0.3, -0.25) is 4.79 Å². The molecule has 0 radical (unpaired) electrons. The summed E-state index contributed by atoms with van der Waals surface area (Å²) in [6.07, 6.45) is 13.1. The third kappa shape index (κ3) is 14.0. The molecule has 1 N–H and O–H groups in total. The SMILES string of the molecule is O=C(O)CCCCCCCCCCCC[AsH2]. The molecule has 96 valence electrons. The van der Waals surface area contributed by atoms with Gasteiger partial charge in [0.05, 0.1) is 0 Å². The fraction of sp³-hybridized carbons (Fsp3) is 0.923. The fourth-order valence-corrected chi connectivity index (χ4v) is 2.44. The van der Waals surface area contributed by atoms with Crippen molar-refractivity contribution in [1.82, 2.24) is 0 Å². The molecule has 3 heteroatoms. The van der Waals surface area contributed by atoms with Crippen LogP contribution in [-0.2, 0) is 4.79 Å². The molecule has 0 aromatic carbocycles. The van der Waals surface area contributed by atoms with Crippen molar-refractivity contribution in [3.05, 3.63) is 0 Å². The number of hydrogen-bond acceptors (Lipinski definition) is 1. The molecule has 0 aromatic heterocycles. The van der Waals surface area contributed by atoms with Crippen LogP contribution in [0.4, 0.5) is 0 Å². The van der Waals surface area contributed by atoms with Crippen molar-refractivity contribution >= 4 is 22.8 Å². The molecule has 0 heterocycles. The summed E-state index contributed by atoms with van der Waals surface area (Å²) in [5.74, 6) is -0.655. The van der Waals surface area contributed by atoms with Gasteiger partial charge in [0.25, 0.3) is 0 Å². The van der Waals surface area contributed by atoms with Gasteiger partial charge in [-0.25, -0.2) is 0 Å². The summed E-state index contributed by atoms with van der Waals surface area (Å²) in [5, 5.41) is 9.84. The van der Waals surface area contributed by atoms with E-state index < -0.39 is 5.97 Å². The van der Waals surface area contributed by atoms with Gasteiger partial charge in [-0.2, -0.15) is 0 Å². The molecule has 0 fully saturated rings. The second kappa shape index (κ2) is 13.1. The van der Waals surface area contributed by atoms with E-state index in [1.54, 1.807) is 0 Å². The number of hydrogen-bond donors (Lipinski definition) is 1. The van der Waals surface area contributed by atoms with Gasteiger partial charge in [-0.1, -0.05) is 0 Å². The van der Waals surface area contributed by atoms with Crippen molar-refractivity contribution in [2.45, 2.75) is 75.8 Å². The van der Waals surface area contributed by atoms with Crippen molar-refractivity contribution in [2.75, 3.05) is 0 Å². The first kappa shape index (κ1) is 16.0. The third-order valence-corrected chi connectivity index (χ3v) is 3.70. The molecule has 16 heavy (non-hydrogen) atoms. The minimum atomic E-state index is -0.655. The zero-order valence-corrected chi connectivity index (χ0v) is 12.8. The summed E-state index contributed by atoms with van der Waals surface area (Å²) in [7, 11) is 0. The number of carboxylic acids is 1. The van der Waals surface area contributed by atoms with Crippen LogP contribution >= 0.6 is 0 Å². The van der Waals surface area contributed by atoms with Crippen LogP contribution in [0.25, 0.3) is 0 Å². The van der Waals surface area contributed by atoms with Crippen LogP contribution in [-0.4, -0.2) is 27.9 Å². The zero-order valence-electron chi connectivity index (χ0n) is 10.4. The Morgan fingerprint density at radius 2 is 1.12 bits per heavy atom. The molecule has 2 nitrogen and oxygen atoms in total. The average molecular weight is 290 g/mol. The van der Waals surface area contributed by atoms with Crippen molar-refractivity contribution in [3.8, 4) is 0 Å². The first-order valence-electron chi connectivity index (χ1n) is 6.69. The van der Waals surface area contributed by atoms with Gasteiger partial charge in [0.15, 0.2) is 0 Å². The summed E-state index contributed by atoms with van der Waals surface area (Å²) < 4.78 is 0. The number of aliphatic carboxylic acids is 1.